The van der Waals surface area contributed by atoms with Gasteiger partial charge in [-0.1, -0.05) is 11.6 Å². The van der Waals surface area contributed by atoms with Crippen molar-refractivity contribution in [1.29, 1.82) is 0 Å². The lowest BCUT2D eigenvalue weighted by atomic mass is 10.3. The molecule has 0 bridgehead atoms. The third-order valence-electron chi connectivity index (χ3n) is 1.71. The summed E-state index contributed by atoms with van der Waals surface area (Å²) in [6.07, 6.45) is 0. The van der Waals surface area contributed by atoms with Crippen molar-refractivity contribution in [3.05, 3.63) is 45.5 Å². The minimum atomic E-state index is -0.506. The Morgan fingerprint density at radius 1 is 1.50 bits per heavy atom. The highest BCUT2D eigenvalue weighted by Crippen LogP contribution is 2.18. The average molecular weight is 245 g/mol. The van der Waals surface area contributed by atoms with Gasteiger partial charge in [-0.2, -0.15) is 0 Å². The highest BCUT2D eigenvalue weighted by Gasteiger charge is 2.06. The Bertz CT molecular complexity index is 416. The van der Waals surface area contributed by atoms with Crippen molar-refractivity contribution in [2.24, 2.45) is 0 Å². The Balaban J connectivity index is 2.80. The molecule has 6 nitrogen and oxygen atoms in total. The molecule has 0 atom stereocenters. The van der Waals surface area contributed by atoms with Gasteiger partial charge < -0.3 is 15.2 Å². The second-order valence-electron chi connectivity index (χ2n) is 2.75. The first kappa shape index (κ1) is 12.1. The van der Waals surface area contributed by atoms with E-state index < -0.39 is 10.9 Å². The fraction of sp³-hybridized carbons (Fsp3) is 0.111. The standard InChI is InChI=1S/C9H9ClN2O4/c1-16-9(13)8(10)11-6-2-4-7(5-3-6)12(14)15/h2-5,11,13H,1H3/b9-8+. The molecule has 0 heterocycles. The molecule has 0 unspecified atom stereocenters. The second kappa shape index (κ2) is 5.22. The average Bonchev–Trinajstić information content (AvgIpc) is 2.28. The number of methoxy groups -OCH3 is 1. The number of benzene rings is 1. The summed E-state index contributed by atoms with van der Waals surface area (Å²) in [5.41, 5.74) is 0.473. The number of hydrogen-bond donors (Lipinski definition) is 2. The van der Waals surface area contributed by atoms with Crippen molar-refractivity contribution in [3.8, 4) is 0 Å². The predicted octanol–water partition coefficient (Wildman–Crippen LogP) is 2.58. The number of ether oxygens (including phenoxy) is 1. The van der Waals surface area contributed by atoms with Crippen LogP contribution >= 0.6 is 11.6 Å². The van der Waals surface area contributed by atoms with Gasteiger partial charge in [0.2, 0.25) is 0 Å². The molecule has 7 heteroatoms. The monoisotopic (exact) mass is 244 g/mol. The van der Waals surface area contributed by atoms with Crippen LogP contribution in [0.25, 0.3) is 0 Å². The number of nitro groups is 1. The van der Waals surface area contributed by atoms with Crippen LogP contribution < -0.4 is 5.32 Å². The van der Waals surface area contributed by atoms with Crippen LogP contribution in [0.3, 0.4) is 0 Å². The highest BCUT2D eigenvalue weighted by molar-refractivity contribution is 6.31. The van der Waals surface area contributed by atoms with Gasteiger partial charge in [-0.15, -0.1) is 0 Å². The Kier molecular flexibility index (Phi) is 3.96. The van der Waals surface area contributed by atoms with E-state index in [0.717, 1.165) is 0 Å². The van der Waals surface area contributed by atoms with E-state index in [4.69, 9.17) is 16.7 Å². The third-order valence-corrected chi connectivity index (χ3v) is 1.97. The van der Waals surface area contributed by atoms with Crippen LogP contribution in [-0.2, 0) is 4.74 Å². The smallest absolute Gasteiger partial charge is 0.313 e. The van der Waals surface area contributed by atoms with E-state index in [9.17, 15) is 10.1 Å². The number of aliphatic hydroxyl groups is 1. The van der Waals surface area contributed by atoms with Gasteiger partial charge in [0.15, 0.2) is 5.16 Å². The van der Waals surface area contributed by atoms with Gasteiger partial charge in [-0.05, 0) is 12.1 Å². The lowest BCUT2D eigenvalue weighted by Gasteiger charge is -2.05. The van der Waals surface area contributed by atoms with Gasteiger partial charge >= 0.3 is 5.95 Å². The van der Waals surface area contributed by atoms with Gasteiger partial charge in [0.05, 0.1) is 12.0 Å². The molecule has 1 aromatic rings. The molecule has 0 aromatic heterocycles. The number of non-ortho nitro benzene ring substituents is 1. The molecule has 0 saturated heterocycles. The first-order valence-electron chi connectivity index (χ1n) is 4.19. The largest absolute Gasteiger partial charge is 0.479 e. The van der Waals surface area contributed by atoms with E-state index in [1.54, 1.807) is 0 Å². The molecular formula is C9H9ClN2O4. The zero-order valence-electron chi connectivity index (χ0n) is 8.31. The lowest BCUT2D eigenvalue weighted by Crippen LogP contribution is -1.99. The zero-order valence-corrected chi connectivity index (χ0v) is 9.06. The normalized spacial score (nSPS) is 11.6. The van der Waals surface area contributed by atoms with Crippen LogP contribution in [0.2, 0.25) is 0 Å². The summed E-state index contributed by atoms with van der Waals surface area (Å²) in [5, 5.41) is 22.0. The van der Waals surface area contributed by atoms with Crippen molar-refractivity contribution in [2.75, 3.05) is 12.4 Å². The number of anilines is 1. The number of rotatable bonds is 4. The van der Waals surface area contributed by atoms with Crippen molar-refractivity contribution in [2.45, 2.75) is 0 Å². The van der Waals surface area contributed by atoms with Crippen molar-refractivity contribution in [3.63, 3.8) is 0 Å². The van der Waals surface area contributed by atoms with Crippen molar-refractivity contribution >= 4 is 23.0 Å². The SMILES string of the molecule is CO/C(O)=C(\Cl)Nc1ccc([N+](=O)[O-])cc1. The second-order valence-corrected chi connectivity index (χ2v) is 3.13. The molecule has 0 saturated carbocycles. The molecule has 0 fully saturated rings. The zero-order chi connectivity index (χ0) is 12.1. The van der Waals surface area contributed by atoms with Crippen LogP contribution in [0.4, 0.5) is 11.4 Å². The molecule has 0 aliphatic heterocycles. The minimum absolute atomic E-state index is 0.0263. The summed E-state index contributed by atoms with van der Waals surface area (Å²) in [6.45, 7) is 0. The summed E-state index contributed by atoms with van der Waals surface area (Å²) in [7, 11) is 1.26. The van der Waals surface area contributed by atoms with Crippen LogP contribution in [0.5, 0.6) is 0 Å². The molecule has 0 radical (unpaired) electrons. The maximum atomic E-state index is 10.4. The fourth-order valence-corrected chi connectivity index (χ4v) is 1.12. The van der Waals surface area contributed by atoms with E-state index in [2.05, 4.69) is 10.1 Å². The summed E-state index contributed by atoms with van der Waals surface area (Å²) < 4.78 is 4.48. The number of nitro benzene ring substituents is 1. The molecule has 16 heavy (non-hydrogen) atoms. The molecule has 2 N–H and O–H groups in total. The van der Waals surface area contributed by atoms with Gasteiger partial charge in [0.1, 0.15) is 0 Å². The number of halogens is 1. The fourth-order valence-electron chi connectivity index (χ4n) is 0.936. The third kappa shape index (κ3) is 3.03. The summed E-state index contributed by atoms with van der Waals surface area (Å²) in [5.74, 6) is -0.458. The number of nitrogens with one attached hydrogen (secondary N) is 1. The summed E-state index contributed by atoms with van der Waals surface area (Å²) in [6, 6.07) is 5.56. The van der Waals surface area contributed by atoms with Crippen molar-refractivity contribution in [1.82, 2.24) is 0 Å². The minimum Gasteiger partial charge on any atom is -0.479 e. The van der Waals surface area contributed by atoms with Crippen LogP contribution in [0, 0.1) is 10.1 Å². The quantitative estimate of drug-likeness (QED) is 0.368. The van der Waals surface area contributed by atoms with Gasteiger partial charge in [-0.3, -0.25) is 10.1 Å². The first-order valence-corrected chi connectivity index (χ1v) is 4.56. The molecule has 0 aliphatic rings. The van der Waals surface area contributed by atoms with Gasteiger partial charge in [-0.25, -0.2) is 0 Å². The number of aliphatic hydroxyl groups excluding tert-OH is 1. The Morgan fingerprint density at radius 2 is 2.06 bits per heavy atom. The van der Waals surface area contributed by atoms with E-state index >= 15 is 0 Å². The molecule has 0 spiro atoms. The number of nitrogens with zero attached hydrogens (tertiary/aromatic N) is 1. The molecule has 1 aromatic carbocycles. The Hall–Kier alpha value is -1.95. The van der Waals surface area contributed by atoms with E-state index in [1.165, 1.54) is 31.4 Å². The lowest BCUT2D eigenvalue weighted by molar-refractivity contribution is -0.384. The van der Waals surface area contributed by atoms with Gasteiger partial charge in [0, 0.05) is 17.8 Å². The predicted molar refractivity (Wildman–Crippen MR) is 59.2 cm³/mol. The van der Waals surface area contributed by atoms with Gasteiger partial charge in [0.25, 0.3) is 5.69 Å². The van der Waals surface area contributed by atoms with Crippen molar-refractivity contribution < 1.29 is 14.8 Å². The molecule has 1 rings (SSSR count). The van der Waals surface area contributed by atoms with Crippen LogP contribution in [0.15, 0.2) is 35.4 Å². The number of hydrogen-bond acceptors (Lipinski definition) is 5. The molecule has 0 amide bonds. The van der Waals surface area contributed by atoms with Crippen LogP contribution in [0.1, 0.15) is 0 Å². The summed E-state index contributed by atoms with van der Waals surface area (Å²) in [4.78, 5) is 9.87. The van der Waals surface area contributed by atoms with E-state index in [1.807, 2.05) is 0 Å². The topological polar surface area (TPSA) is 84.6 Å². The molecular weight excluding hydrogens is 236 g/mol. The Labute approximate surface area is 96.3 Å². The maximum absolute atomic E-state index is 10.4. The van der Waals surface area contributed by atoms with E-state index in [-0.39, 0.29) is 10.8 Å². The van der Waals surface area contributed by atoms with Crippen LogP contribution in [-0.4, -0.2) is 17.1 Å². The van der Waals surface area contributed by atoms with E-state index in [0.29, 0.717) is 5.69 Å². The first-order chi connectivity index (χ1) is 7.54. The molecule has 86 valence electrons. The maximum Gasteiger partial charge on any atom is 0.313 e. The summed E-state index contributed by atoms with van der Waals surface area (Å²) >= 11 is 5.63. The molecule has 0 aliphatic carbocycles. The Morgan fingerprint density at radius 3 is 2.50 bits per heavy atom. The highest BCUT2D eigenvalue weighted by atomic mass is 35.5.